The predicted molar refractivity (Wildman–Crippen MR) is 105 cm³/mol. The first kappa shape index (κ1) is 19.7. The number of halogens is 1. The van der Waals surface area contributed by atoms with E-state index in [0.29, 0.717) is 24.6 Å². The molecule has 1 N–H and O–H groups in total. The van der Waals surface area contributed by atoms with Gasteiger partial charge < -0.3 is 9.64 Å². The summed E-state index contributed by atoms with van der Waals surface area (Å²) in [5.74, 6) is 0.628. The van der Waals surface area contributed by atoms with Crippen LogP contribution in [0.5, 0.6) is 5.75 Å². The molecule has 6 nitrogen and oxygen atoms in total. The highest BCUT2D eigenvalue weighted by Gasteiger charge is 2.31. The highest BCUT2D eigenvalue weighted by molar-refractivity contribution is 7.89. The minimum atomic E-state index is -3.66. The van der Waals surface area contributed by atoms with Crippen LogP contribution in [0.25, 0.3) is 0 Å². The molecule has 1 fully saturated rings. The van der Waals surface area contributed by atoms with E-state index in [2.05, 4.69) is 4.72 Å². The average Bonchev–Trinajstić information content (AvgIpc) is 3.02. The molecular weight excluding hydrogens is 388 g/mol. The number of sulfonamides is 1. The van der Waals surface area contributed by atoms with Crippen LogP contribution >= 0.6 is 11.6 Å². The van der Waals surface area contributed by atoms with Crippen LogP contribution in [0.15, 0.2) is 53.4 Å². The van der Waals surface area contributed by atoms with E-state index in [4.69, 9.17) is 16.3 Å². The fraction of sp³-hybridized carbons (Fsp3) is 0.316. The molecule has 0 radical (unpaired) electrons. The molecule has 3 rings (SSSR count). The number of hydrogen-bond acceptors (Lipinski definition) is 4. The first-order valence-corrected chi connectivity index (χ1v) is 10.5. The van der Waals surface area contributed by atoms with E-state index in [1.165, 1.54) is 12.1 Å². The van der Waals surface area contributed by atoms with Gasteiger partial charge in [-0.1, -0.05) is 17.7 Å². The molecule has 1 aliphatic heterocycles. The Morgan fingerprint density at radius 2 is 1.96 bits per heavy atom. The van der Waals surface area contributed by atoms with Crippen molar-refractivity contribution in [3.05, 3.63) is 53.6 Å². The minimum absolute atomic E-state index is 0.0221. The third-order valence-corrected chi connectivity index (χ3v) is 5.99. The van der Waals surface area contributed by atoms with Crippen molar-refractivity contribution in [2.75, 3.05) is 24.6 Å². The number of amides is 1. The Kier molecular flexibility index (Phi) is 6.04. The largest absolute Gasteiger partial charge is 0.494 e. The maximum Gasteiger partial charge on any atom is 0.240 e. The number of benzene rings is 2. The van der Waals surface area contributed by atoms with Gasteiger partial charge in [-0.2, -0.15) is 0 Å². The van der Waals surface area contributed by atoms with Gasteiger partial charge in [0.15, 0.2) is 0 Å². The van der Waals surface area contributed by atoms with Crippen LogP contribution in [0, 0.1) is 5.92 Å². The highest BCUT2D eigenvalue weighted by atomic mass is 35.5. The first-order valence-electron chi connectivity index (χ1n) is 8.67. The van der Waals surface area contributed by atoms with Crippen LogP contribution in [0.2, 0.25) is 5.02 Å². The zero-order valence-electron chi connectivity index (χ0n) is 14.9. The molecule has 144 valence electrons. The number of carbonyl (C=O) groups is 1. The third kappa shape index (κ3) is 4.80. The van der Waals surface area contributed by atoms with Gasteiger partial charge in [0.05, 0.1) is 11.5 Å². The number of anilines is 1. The van der Waals surface area contributed by atoms with Gasteiger partial charge in [-0.25, -0.2) is 13.1 Å². The second-order valence-electron chi connectivity index (χ2n) is 6.31. The summed E-state index contributed by atoms with van der Waals surface area (Å²) in [7, 11) is -3.66. The molecule has 2 aromatic carbocycles. The van der Waals surface area contributed by atoms with Crippen molar-refractivity contribution < 1.29 is 17.9 Å². The van der Waals surface area contributed by atoms with Gasteiger partial charge in [0, 0.05) is 30.2 Å². The van der Waals surface area contributed by atoms with E-state index in [1.807, 2.05) is 31.2 Å². The van der Waals surface area contributed by atoms with E-state index in [9.17, 15) is 13.2 Å². The molecule has 0 aromatic heterocycles. The molecular formula is C19H21ClN2O4S. The average molecular weight is 409 g/mol. The van der Waals surface area contributed by atoms with Gasteiger partial charge in [0.2, 0.25) is 15.9 Å². The summed E-state index contributed by atoms with van der Waals surface area (Å²) >= 11 is 5.86. The van der Waals surface area contributed by atoms with Crippen LogP contribution in [-0.2, 0) is 14.8 Å². The third-order valence-electron chi connectivity index (χ3n) is 4.33. The van der Waals surface area contributed by atoms with Crippen molar-refractivity contribution in [2.24, 2.45) is 5.92 Å². The van der Waals surface area contributed by atoms with Crippen LogP contribution in [0.4, 0.5) is 5.69 Å². The highest BCUT2D eigenvalue weighted by Crippen LogP contribution is 2.27. The lowest BCUT2D eigenvalue weighted by molar-refractivity contribution is -0.117. The van der Waals surface area contributed by atoms with E-state index in [1.54, 1.807) is 17.0 Å². The van der Waals surface area contributed by atoms with E-state index < -0.39 is 10.0 Å². The SMILES string of the molecule is CCOc1ccc(N2C[C@@H](CNS(=O)(=O)c3cccc(Cl)c3)CC2=O)cc1. The summed E-state index contributed by atoms with van der Waals surface area (Å²) < 4.78 is 32.8. The Hall–Kier alpha value is -2.09. The number of ether oxygens (including phenoxy) is 1. The number of carbonyl (C=O) groups excluding carboxylic acids is 1. The molecule has 2 aromatic rings. The first-order chi connectivity index (χ1) is 12.9. The predicted octanol–water partition coefficient (Wildman–Crippen LogP) is 3.07. The summed E-state index contributed by atoms with van der Waals surface area (Å²) in [5, 5.41) is 0.357. The van der Waals surface area contributed by atoms with Gasteiger partial charge in [0.25, 0.3) is 0 Å². The molecule has 1 saturated heterocycles. The Morgan fingerprint density at radius 3 is 2.63 bits per heavy atom. The van der Waals surface area contributed by atoms with Crippen LogP contribution in [0.3, 0.4) is 0 Å². The molecule has 1 atom stereocenters. The lowest BCUT2D eigenvalue weighted by Crippen LogP contribution is -2.31. The van der Waals surface area contributed by atoms with Crippen molar-refractivity contribution in [1.29, 1.82) is 0 Å². The van der Waals surface area contributed by atoms with Crippen molar-refractivity contribution in [3.63, 3.8) is 0 Å². The quantitative estimate of drug-likeness (QED) is 0.763. The number of rotatable bonds is 7. The number of hydrogen-bond donors (Lipinski definition) is 1. The molecule has 0 unspecified atom stereocenters. The fourth-order valence-corrected chi connectivity index (χ4v) is 4.42. The molecule has 8 heteroatoms. The van der Waals surface area contributed by atoms with Crippen molar-refractivity contribution in [2.45, 2.75) is 18.2 Å². The smallest absolute Gasteiger partial charge is 0.240 e. The summed E-state index contributed by atoms with van der Waals surface area (Å²) in [5.41, 5.74) is 0.781. The maximum absolute atomic E-state index is 12.4. The van der Waals surface area contributed by atoms with E-state index >= 15 is 0 Å². The van der Waals surface area contributed by atoms with Crippen LogP contribution in [0.1, 0.15) is 13.3 Å². The topological polar surface area (TPSA) is 75.7 Å². The van der Waals surface area contributed by atoms with Crippen molar-refractivity contribution in [3.8, 4) is 5.75 Å². The molecule has 1 heterocycles. The summed E-state index contributed by atoms with van der Waals surface area (Å²) in [6.07, 6.45) is 0.297. The molecule has 0 aliphatic carbocycles. The van der Waals surface area contributed by atoms with Crippen LogP contribution < -0.4 is 14.4 Å². The summed E-state index contributed by atoms with van der Waals surface area (Å²) in [4.78, 5) is 14.1. The van der Waals surface area contributed by atoms with Crippen LogP contribution in [-0.4, -0.2) is 34.0 Å². The standard InChI is InChI=1S/C19H21ClN2O4S/c1-2-26-17-8-6-16(7-9-17)22-13-14(10-19(22)23)12-21-27(24,25)18-5-3-4-15(20)11-18/h3-9,11,14,21H,2,10,12-13H2,1H3/t14-/m1/s1. The lowest BCUT2D eigenvalue weighted by Gasteiger charge is -2.17. The second-order valence-corrected chi connectivity index (χ2v) is 8.51. The van der Waals surface area contributed by atoms with Gasteiger partial charge in [-0.3, -0.25) is 4.79 Å². The maximum atomic E-state index is 12.4. The Morgan fingerprint density at radius 1 is 1.22 bits per heavy atom. The Labute approximate surface area is 164 Å². The summed E-state index contributed by atoms with van der Waals surface area (Å²) in [6.45, 7) is 3.14. The monoisotopic (exact) mass is 408 g/mol. The zero-order chi connectivity index (χ0) is 19.4. The van der Waals surface area contributed by atoms with Crippen molar-refractivity contribution in [1.82, 2.24) is 4.72 Å². The number of nitrogens with one attached hydrogen (secondary N) is 1. The fourth-order valence-electron chi connectivity index (χ4n) is 3.00. The van der Waals surface area contributed by atoms with Gasteiger partial charge in [-0.05, 0) is 55.3 Å². The van der Waals surface area contributed by atoms with Gasteiger partial charge in [0.1, 0.15) is 5.75 Å². The normalized spacial score (nSPS) is 17.3. The van der Waals surface area contributed by atoms with E-state index in [0.717, 1.165) is 11.4 Å². The molecule has 0 saturated carbocycles. The van der Waals surface area contributed by atoms with Gasteiger partial charge >= 0.3 is 0 Å². The minimum Gasteiger partial charge on any atom is -0.494 e. The second kappa shape index (κ2) is 8.29. The summed E-state index contributed by atoms with van der Waals surface area (Å²) in [6, 6.07) is 13.4. The number of nitrogens with zero attached hydrogens (tertiary/aromatic N) is 1. The van der Waals surface area contributed by atoms with Gasteiger partial charge in [-0.15, -0.1) is 0 Å². The lowest BCUT2D eigenvalue weighted by atomic mass is 10.1. The molecule has 27 heavy (non-hydrogen) atoms. The molecule has 1 aliphatic rings. The van der Waals surface area contributed by atoms with Crippen molar-refractivity contribution >= 4 is 33.2 Å². The molecule has 0 spiro atoms. The molecule has 1 amide bonds. The molecule has 0 bridgehead atoms. The van der Waals surface area contributed by atoms with E-state index in [-0.39, 0.29) is 23.3 Å². The Balaban J connectivity index is 1.62. The zero-order valence-corrected chi connectivity index (χ0v) is 16.5. The Bertz CT molecular complexity index is 916.